The lowest BCUT2D eigenvalue weighted by atomic mass is 10.1. The molecular formula is C18H35N5O2. The molecule has 0 saturated carbocycles. The molecule has 144 valence electrons. The summed E-state index contributed by atoms with van der Waals surface area (Å²) in [6.45, 7) is 8.36. The Hall–Kier alpha value is -1.34. The van der Waals surface area contributed by atoms with Crippen molar-refractivity contribution >= 4 is 11.9 Å². The summed E-state index contributed by atoms with van der Waals surface area (Å²) in [6, 6.07) is 0.425. The zero-order valence-electron chi connectivity index (χ0n) is 16.1. The van der Waals surface area contributed by atoms with Gasteiger partial charge in [-0.3, -0.25) is 4.79 Å². The number of likely N-dealkylation sites (N-methyl/N-ethyl adjacent to an activating group) is 1. The van der Waals surface area contributed by atoms with Gasteiger partial charge in [0.1, 0.15) is 6.54 Å². The third-order valence-electron chi connectivity index (χ3n) is 4.92. The van der Waals surface area contributed by atoms with Gasteiger partial charge >= 0.3 is 0 Å². The van der Waals surface area contributed by atoms with Gasteiger partial charge < -0.3 is 25.2 Å². The van der Waals surface area contributed by atoms with Crippen LogP contribution in [0.25, 0.3) is 0 Å². The number of ether oxygens (including phenoxy) is 1. The van der Waals surface area contributed by atoms with Crippen LogP contribution in [-0.4, -0.2) is 87.7 Å². The summed E-state index contributed by atoms with van der Waals surface area (Å²) in [5.74, 6) is 1.31. The second-order valence-electron chi connectivity index (χ2n) is 7.32. The van der Waals surface area contributed by atoms with Crippen molar-refractivity contribution in [2.45, 2.75) is 38.6 Å². The standard InChI is InChI=1S/C18H35N5O2/c1-4-8-23-9-5-16(6-10-23)21-18(20-13-17(24)22(2)3)19-12-15-7-11-25-14-15/h15-16H,4-14H2,1-3H3,(H2,19,20,21). The zero-order chi connectivity index (χ0) is 18.1. The maximum absolute atomic E-state index is 11.9. The molecular weight excluding hydrogens is 318 g/mol. The van der Waals surface area contributed by atoms with Crippen LogP contribution in [0, 0.1) is 5.92 Å². The van der Waals surface area contributed by atoms with Gasteiger partial charge in [0.15, 0.2) is 5.96 Å². The Kier molecular flexibility index (Phi) is 8.48. The first-order valence-electron chi connectivity index (χ1n) is 9.63. The first-order valence-corrected chi connectivity index (χ1v) is 9.63. The van der Waals surface area contributed by atoms with E-state index in [2.05, 4.69) is 27.4 Å². The molecule has 1 unspecified atom stereocenters. The van der Waals surface area contributed by atoms with E-state index in [-0.39, 0.29) is 12.5 Å². The normalized spacial score (nSPS) is 22.8. The van der Waals surface area contributed by atoms with E-state index < -0.39 is 0 Å². The maximum atomic E-state index is 11.9. The first-order chi connectivity index (χ1) is 12.1. The van der Waals surface area contributed by atoms with E-state index in [9.17, 15) is 4.79 Å². The lowest BCUT2D eigenvalue weighted by molar-refractivity contribution is -0.127. The van der Waals surface area contributed by atoms with E-state index >= 15 is 0 Å². The summed E-state index contributed by atoms with van der Waals surface area (Å²) in [6.07, 6.45) is 4.54. The fourth-order valence-corrected chi connectivity index (χ4v) is 3.24. The molecule has 1 atom stereocenters. The van der Waals surface area contributed by atoms with Crippen LogP contribution >= 0.6 is 0 Å². The average molecular weight is 354 g/mol. The minimum absolute atomic E-state index is 0.0167. The third-order valence-corrected chi connectivity index (χ3v) is 4.92. The minimum atomic E-state index is 0.0167. The SMILES string of the molecule is CCCN1CCC(NC(=NCC(=O)N(C)C)NCC2CCOC2)CC1. The van der Waals surface area contributed by atoms with Crippen molar-refractivity contribution in [3.63, 3.8) is 0 Å². The van der Waals surface area contributed by atoms with Crippen LogP contribution in [0.2, 0.25) is 0 Å². The topological polar surface area (TPSA) is 69.2 Å². The van der Waals surface area contributed by atoms with Crippen LogP contribution in [0.15, 0.2) is 4.99 Å². The second kappa shape index (κ2) is 10.6. The van der Waals surface area contributed by atoms with E-state index in [4.69, 9.17) is 4.74 Å². The van der Waals surface area contributed by atoms with Gasteiger partial charge in [0.05, 0.1) is 6.61 Å². The number of aliphatic imine (C=N–C) groups is 1. The van der Waals surface area contributed by atoms with E-state index in [0.29, 0.717) is 12.0 Å². The van der Waals surface area contributed by atoms with Crippen molar-refractivity contribution in [1.29, 1.82) is 0 Å². The summed E-state index contributed by atoms with van der Waals surface area (Å²) < 4.78 is 5.44. The second-order valence-corrected chi connectivity index (χ2v) is 7.32. The van der Waals surface area contributed by atoms with Crippen molar-refractivity contribution in [2.75, 3.05) is 60.0 Å². The van der Waals surface area contributed by atoms with Crippen LogP contribution in [0.5, 0.6) is 0 Å². The smallest absolute Gasteiger partial charge is 0.243 e. The van der Waals surface area contributed by atoms with Gasteiger partial charge in [0, 0.05) is 52.3 Å². The number of guanidine groups is 1. The highest BCUT2D eigenvalue weighted by molar-refractivity contribution is 5.84. The molecule has 0 aromatic heterocycles. The molecule has 2 saturated heterocycles. The molecule has 7 nitrogen and oxygen atoms in total. The Bertz CT molecular complexity index is 427. The largest absolute Gasteiger partial charge is 0.381 e. The van der Waals surface area contributed by atoms with Crippen LogP contribution in [0.1, 0.15) is 32.6 Å². The number of hydrogen-bond donors (Lipinski definition) is 2. The number of rotatable bonds is 7. The lowest BCUT2D eigenvalue weighted by Crippen LogP contribution is -2.49. The summed E-state index contributed by atoms with van der Waals surface area (Å²) in [7, 11) is 3.52. The predicted octanol–water partition coefficient (Wildman–Crippen LogP) is 0.521. The molecule has 2 aliphatic rings. The Morgan fingerprint density at radius 3 is 2.64 bits per heavy atom. The molecule has 0 bridgehead atoms. The highest BCUT2D eigenvalue weighted by atomic mass is 16.5. The van der Waals surface area contributed by atoms with Crippen LogP contribution in [-0.2, 0) is 9.53 Å². The van der Waals surface area contributed by atoms with Crippen molar-refractivity contribution in [3.05, 3.63) is 0 Å². The molecule has 2 fully saturated rings. The van der Waals surface area contributed by atoms with E-state index in [1.165, 1.54) is 13.0 Å². The molecule has 2 N–H and O–H groups in total. The van der Waals surface area contributed by atoms with Gasteiger partial charge in [-0.1, -0.05) is 6.92 Å². The summed E-state index contributed by atoms with van der Waals surface area (Å²) in [4.78, 5) is 20.5. The molecule has 0 radical (unpaired) electrons. The van der Waals surface area contributed by atoms with Gasteiger partial charge in [-0.15, -0.1) is 0 Å². The quantitative estimate of drug-likeness (QED) is 0.516. The Morgan fingerprint density at radius 1 is 1.28 bits per heavy atom. The van der Waals surface area contributed by atoms with E-state index in [0.717, 1.165) is 58.1 Å². The number of likely N-dealkylation sites (tertiary alicyclic amines) is 1. The van der Waals surface area contributed by atoms with Gasteiger partial charge in [-0.25, -0.2) is 4.99 Å². The van der Waals surface area contributed by atoms with Crippen LogP contribution in [0.3, 0.4) is 0 Å². The number of amides is 1. The molecule has 0 aromatic rings. The fraction of sp³-hybridized carbons (Fsp3) is 0.889. The maximum Gasteiger partial charge on any atom is 0.243 e. The van der Waals surface area contributed by atoms with Gasteiger partial charge in [0.25, 0.3) is 0 Å². The number of carbonyl (C=O) groups excluding carboxylic acids is 1. The fourth-order valence-electron chi connectivity index (χ4n) is 3.24. The summed E-state index contributed by atoms with van der Waals surface area (Å²) in [5, 5.41) is 6.95. The number of piperidine rings is 1. The first kappa shape index (κ1) is 20.0. The third kappa shape index (κ3) is 7.20. The lowest BCUT2D eigenvalue weighted by Gasteiger charge is -2.33. The molecule has 2 heterocycles. The molecule has 2 rings (SSSR count). The molecule has 25 heavy (non-hydrogen) atoms. The zero-order valence-corrected chi connectivity index (χ0v) is 16.1. The molecule has 2 aliphatic heterocycles. The van der Waals surface area contributed by atoms with E-state index in [1.807, 2.05) is 0 Å². The van der Waals surface area contributed by atoms with Crippen LogP contribution < -0.4 is 10.6 Å². The van der Waals surface area contributed by atoms with Crippen molar-refractivity contribution < 1.29 is 9.53 Å². The number of nitrogens with one attached hydrogen (secondary N) is 2. The number of nitrogens with zero attached hydrogens (tertiary/aromatic N) is 3. The Balaban J connectivity index is 1.84. The predicted molar refractivity (Wildman–Crippen MR) is 101 cm³/mol. The number of hydrogen-bond acceptors (Lipinski definition) is 4. The summed E-state index contributed by atoms with van der Waals surface area (Å²) in [5.41, 5.74) is 0. The molecule has 0 aromatic carbocycles. The van der Waals surface area contributed by atoms with Gasteiger partial charge in [0.2, 0.25) is 5.91 Å². The Labute approximate surface area is 152 Å². The molecule has 0 aliphatic carbocycles. The highest BCUT2D eigenvalue weighted by Gasteiger charge is 2.21. The molecule has 0 spiro atoms. The summed E-state index contributed by atoms with van der Waals surface area (Å²) >= 11 is 0. The van der Waals surface area contributed by atoms with Crippen molar-refractivity contribution in [3.8, 4) is 0 Å². The Morgan fingerprint density at radius 2 is 2.04 bits per heavy atom. The van der Waals surface area contributed by atoms with E-state index in [1.54, 1.807) is 19.0 Å². The number of carbonyl (C=O) groups is 1. The van der Waals surface area contributed by atoms with Gasteiger partial charge in [-0.05, 0) is 32.2 Å². The van der Waals surface area contributed by atoms with Crippen molar-refractivity contribution in [1.82, 2.24) is 20.4 Å². The molecule has 1 amide bonds. The average Bonchev–Trinajstić information content (AvgIpc) is 3.12. The highest BCUT2D eigenvalue weighted by Crippen LogP contribution is 2.12. The molecule has 7 heteroatoms. The van der Waals surface area contributed by atoms with Crippen molar-refractivity contribution in [2.24, 2.45) is 10.9 Å². The minimum Gasteiger partial charge on any atom is -0.381 e. The van der Waals surface area contributed by atoms with Crippen LogP contribution in [0.4, 0.5) is 0 Å². The monoisotopic (exact) mass is 353 g/mol. The van der Waals surface area contributed by atoms with Gasteiger partial charge in [-0.2, -0.15) is 0 Å².